The Morgan fingerprint density at radius 2 is 1.90 bits per heavy atom. The van der Waals surface area contributed by atoms with E-state index in [1.165, 1.54) is 5.56 Å². The van der Waals surface area contributed by atoms with Gasteiger partial charge >= 0.3 is 0 Å². The van der Waals surface area contributed by atoms with E-state index in [2.05, 4.69) is 36.4 Å². The summed E-state index contributed by atoms with van der Waals surface area (Å²) in [6.07, 6.45) is 0. The van der Waals surface area contributed by atoms with Gasteiger partial charge in [0.05, 0.1) is 24.5 Å². The summed E-state index contributed by atoms with van der Waals surface area (Å²) in [6.45, 7) is 0.772. The van der Waals surface area contributed by atoms with Crippen LogP contribution in [0.1, 0.15) is 11.6 Å². The lowest BCUT2D eigenvalue weighted by molar-refractivity contribution is 0.310. The highest BCUT2D eigenvalue weighted by Gasteiger charge is 2.15. The number of benzene rings is 2. The Kier molecular flexibility index (Phi) is 5.06. The first-order chi connectivity index (χ1) is 10.1. The van der Waals surface area contributed by atoms with Gasteiger partial charge in [0.25, 0.3) is 0 Å². The monoisotopic (exact) mass is 285 g/mol. The molecule has 21 heavy (non-hydrogen) atoms. The average Bonchev–Trinajstić information content (AvgIpc) is 2.49. The van der Waals surface area contributed by atoms with Gasteiger partial charge in [0.1, 0.15) is 5.75 Å². The zero-order valence-electron chi connectivity index (χ0n) is 12.8. The highest BCUT2D eigenvalue weighted by atomic mass is 16.5. The fourth-order valence-electron chi connectivity index (χ4n) is 2.31. The molecule has 3 N–H and O–H groups in total. The molecule has 0 aliphatic rings. The zero-order valence-corrected chi connectivity index (χ0v) is 12.8. The highest BCUT2D eigenvalue weighted by molar-refractivity contribution is 5.65. The summed E-state index contributed by atoms with van der Waals surface area (Å²) in [5.74, 6) is 0.874. The summed E-state index contributed by atoms with van der Waals surface area (Å²) in [4.78, 5) is 2.18. The Morgan fingerprint density at radius 3 is 2.57 bits per heavy atom. The number of nitrogens with zero attached hydrogens (tertiary/aromatic N) is 1. The summed E-state index contributed by atoms with van der Waals surface area (Å²) in [6, 6.07) is 16.2. The number of nitrogens with two attached hydrogens (primary N) is 1. The van der Waals surface area contributed by atoms with Crippen molar-refractivity contribution < 1.29 is 4.74 Å². The molecule has 4 heteroatoms. The highest BCUT2D eigenvalue weighted by Crippen LogP contribution is 2.24. The predicted molar refractivity (Wildman–Crippen MR) is 88.8 cm³/mol. The van der Waals surface area contributed by atoms with Crippen LogP contribution in [0.4, 0.5) is 11.4 Å². The zero-order chi connectivity index (χ0) is 15.2. The van der Waals surface area contributed by atoms with Crippen LogP contribution in [0.25, 0.3) is 0 Å². The third kappa shape index (κ3) is 3.89. The van der Waals surface area contributed by atoms with Gasteiger partial charge in [-0.25, -0.2) is 0 Å². The third-order valence-corrected chi connectivity index (χ3v) is 3.55. The van der Waals surface area contributed by atoms with Crippen molar-refractivity contribution in [2.45, 2.75) is 6.04 Å². The van der Waals surface area contributed by atoms with E-state index in [0.29, 0.717) is 0 Å². The van der Waals surface area contributed by atoms with Crippen molar-refractivity contribution in [1.82, 2.24) is 4.90 Å². The minimum Gasteiger partial charge on any atom is -0.497 e. The molecule has 0 bridgehead atoms. The molecule has 0 aliphatic carbocycles. The number of nitrogens with one attached hydrogen (secondary N) is 1. The van der Waals surface area contributed by atoms with Crippen molar-refractivity contribution in [3.05, 3.63) is 54.1 Å². The van der Waals surface area contributed by atoms with Crippen molar-refractivity contribution >= 4 is 11.4 Å². The molecule has 0 radical (unpaired) electrons. The van der Waals surface area contributed by atoms with Gasteiger partial charge in [-0.15, -0.1) is 0 Å². The van der Waals surface area contributed by atoms with Gasteiger partial charge in [-0.1, -0.05) is 24.3 Å². The maximum atomic E-state index is 5.97. The number of hydrogen-bond donors (Lipinski definition) is 2. The van der Waals surface area contributed by atoms with Gasteiger partial charge in [-0.3, -0.25) is 0 Å². The van der Waals surface area contributed by atoms with Crippen molar-refractivity contribution in [3.63, 3.8) is 0 Å². The van der Waals surface area contributed by atoms with Crippen molar-refractivity contribution in [2.75, 3.05) is 38.8 Å². The second-order valence-electron chi connectivity index (χ2n) is 5.22. The van der Waals surface area contributed by atoms with Crippen LogP contribution in [0, 0.1) is 0 Å². The van der Waals surface area contributed by atoms with Crippen LogP contribution in [0.15, 0.2) is 48.5 Å². The van der Waals surface area contributed by atoms with Gasteiger partial charge in [-0.05, 0) is 43.9 Å². The molecule has 4 nitrogen and oxygen atoms in total. The first kappa shape index (κ1) is 15.2. The van der Waals surface area contributed by atoms with Gasteiger partial charge in [0, 0.05) is 6.54 Å². The number of nitrogen functional groups attached to an aromatic ring is 1. The standard InChI is InChI=1S/C17H23N3O/c1-20(2)17(13-7-6-8-14(11-13)21-3)12-19-16-10-5-4-9-15(16)18/h4-11,17,19H,12,18H2,1-3H3. The number of anilines is 2. The third-order valence-electron chi connectivity index (χ3n) is 3.55. The summed E-state index contributed by atoms with van der Waals surface area (Å²) in [5.41, 5.74) is 8.91. The van der Waals surface area contributed by atoms with E-state index in [1.54, 1.807) is 7.11 Å². The molecule has 0 aromatic heterocycles. The van der Waals surface area contributed by atoms with Crippen LogP contribution in [0.3, 0.4) is 0 Å². The molecule has 112 valence electrons. The molecule has 0 fully saturated rings. The minimum atomic E-state index is 0.236. The number of hydrogen-bond acceptors (Lipinski definition) is 4. The predicted octanol–water partition coefficient (Wildman–Crippen LogP) is 2.99. The molecule has 1 atom stereocenters. The van der Waals surface area contributed by atoms with Crippen molar-refractivity contribution in [1.29, 1.82) is 0 Å². The van der Waals surface area contributed by atoms with Crippen LogP contribution in [-0.2, 0) is 0 Å². The summed E-state index contributed by atoms with van der Waals surface area (Å²) < 4.78 is 5.31. The Hall–Kier alpha value is -2.20. The molecular formula is C17H23N3O. The summed E-state index contributed by atoms with van der Waals surface area (Å²) in [7, 11) is 5.83. The Morgan fingerprint density at radius 1 is 1.14 bits per heavy atom. The molecule has 0 amide bonds. The maximum Gasteiger partial charge on any atom is 0.119 e. The minimum absolute atomic E-state index is 0.236. The molecule has 0 saturated carbocycles. The normalized spacial score (nSPS) is 12.2. The van der Waals surface area contributed by atoms with Crippen LogP contribution in [0.2, 0.25) is 0 Å². The molecule has 2 aromatic rings. The number of rotatable bonds is 6. The van der Waals surface area contributed by atoms with Gasteiger partial charge < -0.3 is 20.7 Å². The van der Waals surface area contributed by atoms with Crippen molar-refractivity contribution in [2.24, 2.45) is 0 Å². The Labute approximate surface area is 126 Å². The summed E-state index contributed by atoms with van der Waals surface area (Å²) >= 11 is 0. The van der Waals surface area contributed by atoms with E-state index in [-0.39, 0.29) is 6.04 Å². The van der Waals surface area contributed by atoms with Crippen LogP contribution in [-0.4, -0.2) is 32.6 Å². The average molecular weight is 285 g/mol. The number of para-hydroxylation sites is 2. The molecule has 1 unspecified atom stereocenters. The lowest BCUT2D eigenvalue weighted by Crippen LogP contribution is -2.27. The molecule has 0 aliphatic heterocycles. The Bertz CT molecular complexity index is 584. The SMILES string of the molecule is COc1cccc(C(CNc2ccccc2N)N(C)C)c1. The Balaban J connectivity index is 2.14. The van der Waals surface area contributed by atoms with Crippen molar-refractivity contribution in [3.8, 4) is 5.75 Å². The lowest BCUT2D eigenvalue weighted by Gasteiger charge is -2.26. The van der Waals surface area contributed by atoms with E-state index in [1.807, 2.05) is 36.4 Å². The maximum absolute atomic E-state index is 5.97. The quantitative estimate of drug-likeness (QED) is 0.801. The van der Waals surface area contributed by atoms with E-state index in [4.69, 9.17) is 10.5 Å². The molecule has 2 rings (SSSR count). The largest absolute Gasteiger partial charge is 0.497 e. The molecule has 0 saturated heterocycles. The first-order valence-corrected chi connectivity index (χ1v) is 7.00. The number of methoxy groups -OCH3 is 1. The van der Waals surface area contributed by atoms with Gasteiger partial charge in [0.15, 0.2) is 0 Å². The van der Waals surface area contributed by atoms with Crippen LogP contribution < -0.4 is 15.8 Å². The molecule has 2 aromatic carbocycles. The molecule has 0 heterocycles. The number of ether oxygens (including phenoxy) is 1. The lowest BCUT2D eigenvalue weighted by atomic mass is 10.1. The second kappa shape index (κ2) is 6.99. The van der Waals surface area contributed by atoms with E-state index < -0.39 is 0 Å². The fourth-order valence-corrected chi connectivity index (χ4v) is 2.31. The fraction of sp³-hybridized carbons (Fsp3) is 0.294. The van der Waals surface area contributed by atoms with E-state index in [9.17, 15) is 0 Å². The van der Waals surface area contributed by atoms with Crippen LogP contribution in [0.5, 0.6) is 5.75 Å². The van der Waals surface area contributed by atoms with E-state index >= 15 is 0 Å². The molecule has 0 spiro atoms. The smallest absolute Gasteiger partial charge is 0.119 e. The van der Waals surface area contributed by atoms with Crippen LogP contribution >= 0.6 is 0 Å². The van der Waals surface area contributed by atoms with E-state index in [0.717, 1.165) is 23.7 Å². The number of likely N-dealkylation sites (N-methyl/N-ethyl adjacent to an activating group) is 1. The summed E-state index contributed by atoms with van der Waals surface area (Å²) in [5, 5.41) is 3.42. The second-order valence-corrected chi connectivity index (χ2v) is 5.22. The van der Waals surface area contributed by atoms with Gasteiger partial charge in [0.2, 0.25) is 0 Å². The molecular weight excluding hydrogens is 262 g/mol. The first-order valence-electron chi connectivity index (χ1n) is 7.00. The topological polar surface area (TPSA) is 50.5 Å². The van der Waals surface area contributed by atoms with Gasteiger partial charge in [-0.2, -0.15) is 0 Å².